The number of aromatic nitrogens is 4. The first-order chi connectivity index (χ1) is 20.1. The van der Waals surface area contributed by atoms with Gasteiger partial charge in [-0.2, -0.15) is 10.4 Å². The van der Waals surface area contributed by atoms with Crippen molar-refractivity contribution >= 4 is 34.2 Å². The molecule has 1 N–H and O–H groups in total. The Morgan fingerprint density at radius 3 is 2.56 bits per heavy atom. The summed E-state index contributed by atoms with van der Waals surface area (Å²) in [5.74, 6) is 0.859. The number of nitrogens with one attached hydrogen (secondary N) is 1. The Morgan fingerprint density at radius 1 is 0.976 bits per heavy atom. The molecule has 0 amide bonds. The Bertz CT molecular complexity index is 1990. The van der Waals surface area contributed by atoms with Crippen molar-refractivity contribution in [1.82, 2.24) is 19.7 Å². The number of aromatic amines is 1. The minimum atomic E-state index is -0.308. The number of nitriles is 1. The molecule has 41 heavy (non-hydrogen) atoms. The molecule has 8 heteroatoms. The maximum absolute atomic E-state index is 12.7. The third-order valence-corrected chi connectivity index (χ3v) is 6.73. The van der Waals surface area contributed by atoms with Gasteiger partial charge in [0.2, 0.25) is 0 Å². The molecule has 6 rings (SSSR count). The maximum Gasteiger partial charge on any atom is 0.259 e. The molecule has 2 aromatic heterocycles. The number of rotatable bonds is 7. The van der Waals surface area contributed by atoms with Crippen LogP contribution in [0.3, 0.4) is 0 Å². The molecule has 2 heterocycles. The van der Waals surface area contributed by atoms with Crippen LogP contribution in [0.4, 0.5) is 0 Å². The second kappa shape index (κ2) is 11.3. The summed E-state index contributed by atoms with van der Waals surface area (Å²) >= 11 is 6.00. The highest BCUT2D eigenvalue weighted by molar-refractivity contribution is 6.30. The van der Waals surface area contributed by atoms with Crippen LogP contribution in [0.15, 0.2) is 114 Å². The smallest absolute Gasteiger partial charge is 0.259 e. The van der Waals surface area contributed by atoms with E-state index in [2.05, 4.69) is 16.0 Å². The Hall–Kier alpha value is -5.45. The van der Waals surface area contributed by atoms with E-state index in [1.807, 2.05) is 85.1 Å². The lowest BCUT2D eigenvalue weighted by molar-refractivity contribution is 0.306. The fourth-order valence-corrected chi connectivity index (χ4v) is 4.56. The van der Waals surface area contributed by atoms with Crippen LogP contribution in [0.25, 0.3) is 39.5 Å². The molecule has 0 fully saturated rings. The van der Waals surface area contributed by atoms with E-state index in [0.717, 1.165) is 16.8 Å². The molecule has 0 aliphatic rings. The van der Waals surface area contributed by atoms with E-state index >= 15 is 0 Å². The second-order valence-corrected chi connectivity index (χ2v) is 9.69. The predicted octanol–water partition coefficient (Wildman–Crippen LogP) is 7.07. The average molecular weight is 556 g/mol. The first kappa shape index (κ1) is 25.8. The van der Waals surface area contributed by atoms with E-state index in [-0.39, 0.29) is 17.0 Å². The quantitative estimate of drug-likeness (QED) is 0.212. The van der Waals surface area contributed by atoms with Crippen LogP contribution < -0.4 is 10.3 Å². The van der Waals surface area contributed by atoms with Crippen molar-refractivity contribution in [2.24, 2.45) is 0 Å². The summed E-state index contributed by atoms with van der Waals surface area (Å²) in [7, 11) is 0. The van der Waals surface area contributed by atoms with Gasteiger partial charge < -0.3 is 9.72 Å². The van der Waals surface area contributed by atoms with Gasteiger partial charge in [0.25, 0.3) is 5.56 Å². The summed E-state index contributed by atoms with van der Waals surface area (Å²) in [5, 5.41) is 16.1. The molecule has 0 unspecified atom stereocenters. The SMILES string of the molecule is N#CC(=Cc1cn(-c2ccccc2)nc1-c1cccc(OCc2ccc(Cl)cc2)c1)c1nc2ccccc2c(=O)[nH]1. The molecule has 0 radical (unpaired) electrons. The Kier molecular flexibility index (Phi) is 7.14. The number of fused-ring (bicyclic) bond motifs is 1. The normalized spacial score (nSPS) is 11.4. The lowest BCUT2D eigenvalue weighted by Crippen LogP contribution is -2.11. The number of hydrogen-bond donors (Lipinski definition) is 1. The molecular weight excluding hydrogens is 534 g/mol. The maximum atomic E-state index is 12.7. The highest BCUT2D eigenvalue weighted by atomic mass is 35.5. The van der Waals surface area contributed by atoms with Gasteiger partial charge in [0.1, 0.15) is 24.1 Å². The summed E-state index contributed by atoms with van der Waals surface area (Å²) in [4.78, 5) is 20.0. The summed E-state index contributed by atoms with van der Waals surface area (Å²) in [6.45, 7) is 0.380. The molecular formula is C33H22ClN5O2. The second-order valence-electron chi connectivity index (χ2n) is 9.26. The van der Waals surface area contributed by atoms with Gasteiger partial charge in [0.15, 0.2) is 5.82 Å². The van der Waals surface area contributed by atoms with Gasteiger partial charge in [-0.1, -0.05) is 66.2 Å². The number of halogens is 1. The highest BCUT2D eigenvalue weighted by Crippen LogP contribution is 2.30. The zero-order valence-corrected chi connectivity index (χ0v) is 22.4. The van der Waals surface area contributed by atoms with E-state index in [0.29, 0.717) is 39.5 Å². The number of ether oxygens (including phenoxy) is 1. The van der Waals surface area contributed by atoms with Crippen LogP contribution in [0, 0.1) is 11.3 Å². The van der Waals surface area contributed by atoms with Crippen molar-refractivity contribution in [3.05, 3.63) is 142 Å². The molecule has 0 aliphatic heterocycles. The number of nitrogens with zero attached hydrogens (tertiary/aromatic N) is 4. The molecule has 4 aromatic carbocycles. The first-order valence-corrected chi connectivity index (χ1v) is 13.2. The number of para-hydroxylation sites is 2. The molecule has 0 atom stereocenters. The van der Waals surface area contributed by atoms with Gasteiger partial charge in [-0.05, 0) is 60.2 Å². The lowest BCUT2D eigenvalue weighted by Gasteiger charge is -2.08. The van der Waals surface area contributed by atoms with E-state index in [1.165, 1.54) is 0 Å². The number of benzene rings is 4. The minimum absolute atomic E-state index is 0.189. The van der Waals surface area contributed by atoms with Crippen molar-refractivity contribution in [3.8, 4) is 28.8 Å². The summed E-state index contributed by atoms with van der Waals surface area (Å²) < 4.78 is 7.81. The van der Waals surface area contributed by atoms with Gasteiger partial charge in [0.05, 0.1) is 22.2 Å². The Morgan fingerprint density at radius 2 is 1.76 bits per heavy atom. The third kappa shape index (κ3) is 5.64. The molecule has 7 nitrogen and oxygen atoms in total. The first-order valence-electron chi connectivity index (χ1n) is 12.8. The van der Waals surface area contributed by atoms with E-state index in [1.54, 1.807) is 35.0 Å². The van der Waals surface area contributed by atoms with Crippen molar-refractivity contribution in [2.45, 2.75) is 6.61 Å². The van der Waals surface area contributed by atoms with Gasteiger partial charge in [-0.15, -0.1) is 0 Å². The monoisotopic (exact) mass is 555 g/mol. The van der Waals surface area contributed by atoms with Crippen molar-refractivity contribution < 1.29 is 4.74 Å². The Labute approximate surface area is 240 Å². The largest absolute Gasteiger partial charge is 0.489 e. The summed E-state index contributed by atoms with van der Waals surface area (Å²) in [5.41, 5.74) is 4.38. The van der Waals surface area contributed by atoms with Crippen molar-refractivity contribution in [2.75, 3.05) is 0 Å². The number of hydrogen-bond acceptors (Lipinski definition) is 5. The molecule has 0 bridgehead atoms. The predicted molar refractivity (Wildman–Crippen MR) is 161 cm³/mol. The number of allylic oxidation sites excluding steroid dienone is 1. The van der Waals surface area contributed by atoms with Crippen LogP contribution in [0.2, 0.25) is 5.02 Å². The average Bonchev–Trinajstić information content (AvgIpc) is 3.44. The van der Waals surface area contributed by atoms with Gasteiger partial charge in [-0.3, -0.25) is 4.79 Å². The molecule has 198 valence electrons. The van der Waals surface area contributed by atoms with E-state index < -0.39 is 0 Å². The zero-order chi connectivity index (χ0) is 28.2. The van der Waals surface area contributed by atoms with Gasteiger partial charge >= 0.3 is 0 Å². The minimum Gasteiger partial charge on any atom is -0.489 e. The van der Waals surface area contributed by atoms with Crippen LogP contribution in [-0.2, 0) is 6.61 Å². The lowest BCUT2D eigenvalue weighted by atomic mass is 10.1. The third-order valence-electron chi connectivity index (χ3n) is 6.48. The van der Waals surface area contributed by atoms with E-state index in [4.69, 9.17) is 21.4 Å². The standard InChI is InChI=1S/C33H22ClN5O2/c34-26-15-13-22(14-16-26)21-41-28-10-6-7-23(18-28)31-25(20-39(38-31)27-8-2-1-3-9-27)17-24(19-35)32-36-30-12-5-4-11-29(30)33(40)37-32/h1-18,20H,21H2,(H,36,37,40). The summed E-state index contributed by atoms with van der Waals surface area (Å²) in [6.07, 6.45) is 3.54. The van der Waals surface area contributed by atoms with E-state index in [9.17, 15) is 10.1 Å². The van der Waals surface area contributed by atoms with Crippen LogP contribution >= 0.6 is 11.6 Å². The van der Waals surface area contributed by atoms with Crippen molar-refractivity contribution in [3.63, 3.8) is 0 Å². The van der Waals surface area contributed by atoms with Gasteiger partial charge in [-0.25, -0.2) is 9.67 Å². The summed E-state index contributed by atoms with van der Waals surface area (Å²) in [6, 6.07) is 34.0. The Balaban J connectivity index is 1.41. The van der Waals surface area contributed by atoms with Crippen LogP contribution in [-0.4, -0.2) is 19.7 Å². The van der Waals surface area contributed by atoms with Crippen LogP contribution in [0.5, 0.6) is 5.75 Å². The van der Waals surface area contributed by atoms with Crippen molar-refractivity contribution in [1.29, 1.82) is 5.26 Å². The van der Waals surface area contributed by atoms with Crippen LogP contribution in [0.1, 0.15) is 17.0 Å². The molecule has 0 aliphatic carbocycles. The molecule has 6 aromatic rings. The molecule has 0 spiro atoms. The molecule has 0 saturated heterocycles. The number of H-pyrrole nitrogens is 1. The highest BCUT2D eigenvalue weighted by Gasteiger charge is 2.15. The van der Waals surface area contributed by atoms with Gasteiger partial charge in [0, 0.05) is 22.3 Å². The molecule has 0 saturated carbocycles. The fraction of sp³-hybridized carbons (Fsp3) is 0.0303. The fourth-order valence-electron chi connectivity index (χ4n) is 4.43. The topological polar surface area (TPSA) is 96.6 Å². The zero-order valence-electron chi connectivity index (χ0n) is 21.7.